The van der Waals surface area contributed by atoms with E-state index in [-0.39, 0.29) is 16.7 Å². The second kappa shape index (κ2) is 12.5. The third-order valence-electron chi connectivity index (χ3n) is 7.91. The Hall–Kier alpha value is -6.86. The van der Waals surface area contributed by atoms with E-state index < -0.39 is 97.6 Å². The fourth-order valence-corrected chi connectivity index (χ4v) is 6.05. The average molecular weight is 645 g/mol. The lowest BCUT2D eigenvalue weighted by atomic mass is 9.83. The van der Waals surface area contributed by atoms with Gasteiger partial charge in [0.15, 0.2) is 0 Å². The molecule has 2 aliphatic rings. The number of aryl methyl sites for hydroxylation is 1. The van der Waals surface area contributed by atoms with Gasteiger partial charge in [-0.3, -0.25) is 0 Å². The molecule has 0 fully saturated rings. The van der Waals surface area contributed by atoms with E-state index in [0.29, 0.717) is 0 Å². The topological polar surface area (TPSA) is 84.5 Å². The van der Waals surface area contributed by atoms with Crippen molar-refractivity contribution in [3.05, 3.63) is 150 Å². The normalized spacial score (nSPS) is 15.3. The Bertz CT molecular complexity index is 2290. The van der Waals surface area contributed by atoms with Crippen LogP contribution in [0.1, 0.15) is 74.9 Å². The zero-order chi connectivity index (χ0) is 35.0. The molecule has 0 spiro atoms. The number of hydrogen-bond donors (Lipinski definition) is 0. The Morgan fingerprint density at radius 1 is 0.625 bits per heavy atom. The van der Waals surface area contributed by atoms with Crippen molar-refractivity contribution in [1.29, 1.82) is 15.8 Å². The molecule has 6 nitrogen and oxygen atoms in total. The highest BCUT2D eigenvalue weighted by Gasteiger charge is 2.46. The van der Waals surface area contributed by atoms with Gasteiger partial charge in [0, 0.05) is 27.8 Å². The molecule has 0 atom stereocenters. The van der Waals surface area contributed by atoms with E-state index in [4.69, 9.17) is 19.7 Å². The van der Waals surface area contributed by atoms with Crippen LogP contribution in [0.4, 0.5) is 26.3 Å². The first kappa shape index (κ1) is 32.5. The number of nitriles is 3. The molecule has 5 rings (SSSR count). The fourth-order valence-electron chi connectivity index (χ4n) is 6.05. The van der Waals surface area contributed by atoms with Gasteiger partial charge in [0.2, 0.25) is 5.70 Å². The minimum absolute atomic E-state index is 0.116. The van der Waals surface area contributed by atoms with Crippen LogP contribution in [0.2, 0.25) is 0 Å². The van der Waals surface area contributed by atoms with E-state index in [1.165, 1.54) is 12.1 Å². The van der Waals surface area contributed by atoms with Crippen molar-refractivity contribution in [1.82, 2.24) is 0 Å². The van der Waals surface area contributed by atoms with Crippen molar-refractivity contribution in [2.45, 2.75) is 26.2 Å². The molecule has 0 heterocycles. The Balaban J connectivity index is 2.12. The predicted octanol–water partition coefficient (Wildman–Crippen LogP) is 10.4. The standard InChI is InChI=1S/C36H14F6N6/c1-16-5-7-18(8-6-16)24-27(22(15-45)47-3)29-30(33(24)48-4)32(36(41)42)28-25(31(29)35(39)40)20(13-43)23(26(28)21(14-44)46-2)17-9-11-19(12-10-17)34(37)38/h5-12,34-36H,1H3/b26-21-,27-22+. The highest BCUT2D eigenvalue weighted by atomic mass is 19.3. The second-order valence-corrected chi connectivity index (χ2v) is 10.3. The van der Waals surface area contributed by atoms with E-state index in [2.05, 4.69) is 14.5 Å². The molecule has 0 unspecified atom stereocenters. The number of alkyl halides is 6. The lowest BCUT2D eigenvalue weighted by molar-refractivity contribution is 0.146. The minimum atomic E-state index is -3.58. The molecule has 0 saturated heterocycles. The summed E-state index contributed by atoms with van der Waals surface area (Å²) in [7, 11) is 0. The van der Waals surface area contributed by atoms with Crippen molar-refractivity contribution >= 4 is 33.6 Å². The fraction of sp³-hybridized carbons (Fsp3) is 0.111. The van der Waals surface area contributed by atoms with Crippen LogP contribution in [0, 0.1) is 60.6 Å². The summed E-state index contributed by atoms with van der Waals surface area (Å²) < 4.78 is 88.8. The zero-order valence-electron chi connectivity index (χ0n) is 24.3. The maximum atomic E-state index is 15.5. The van der Waals surface area contributed by atoms with Crippen LogP contribution < -0.4 is 0 Å². The zero-order valence-corrected chi connectivity index (χ0v) is 24.3. The summed E-state index contributed by atoms with van der Waals surface area (Å²) in [6.45, 7) is 25.1. The van der Waals surface area contributed by atoms with E-state index in [0.717, 1.165) is 29.8 Å². The van der Waals surface area contributed by atoms with Gasteiger partial charge in [0.25, 0.3) is 30.7 Å². The summed E-state index contributed by atoms with van der Waals surface area (Å²) in [5.74, 6) is 0. The molecule has 0 amide bonds. The number of hydrogen-bond acceptors (Lipinski definition) is 3. The molecule has 48 heavy (non-hydrogen) atoms. The summed E-state index contributed by atoms with van der Waals surface area (Å²) in [5, 5.41) is 30.3. The van der Waals surface area contributed by atoms with Gasteiger partial charge in [-0.1, -0.05) is 54.1 Å². The molecule has 0 radical (unpaired) electrons. The third-order valence-corrected chi connectivity index (χ3v) is 7.91. The molecule has 0 aliphatic heterocycles. The van der Waals surface area contributed by atoms with Gasteiger partial charge in [0.05, 0.1) is 37.4 Å². The number of rotatable bonds is 5. The molecule has 0 aromatic heterocycles. The summed E-state index contributed by atoms with van der Waals surface area (Å²) in [4.78, 5) is 9.76. The second-order valence-electron chi connectivity index (χ2n) is 10.3. The largest absolute Gasteiger partial charge is 0.270 e. The van der Waals surface area contributed by atoms with E-state index >= 15 is 17.6 Å². The van der Waals surface area contributed by atoms with Crippen LogP contribution in [0.5, 0.6) is 0 Å². The van der Waals surface area contributed by atoms with Crippen LogP contribution in [0.15, 0.2) is 59.9 Å². The highest BCUT2D eigenvalue weighted by Crippen LogP contribution is 2.61. The molecule has 3 aromatic rings. The van der Waals surface area contributed by atoms with Gasteiger partial charge in [-0.25, -0.2) is 51.4 Å². The van der Waals surface area contributed by atoms with Crippen LogP contribution in [0.25, 0.3) is 48.1 Å². The quantitative estimate of drug-likeness (QED) is 0.157. The van der Waals surface area contributed by atoms with Crippen LogP contribution in [0.3, 0.4) is 0 Å². The smallest absolute Gasteiger partial charge is 0.237 e. The van der Waals surface area contributed by atoms with E-state index in [1.54, 1.807) is 37.3 Å². The summed E-state index contributed by atoms with van der Waals surface area (Å²) in [6.07, 6.45) is -10.1. The Kier molecular flexibility index (Phi) is 8.47. The molecular weight excluding hydrogens is 630 g/mol. The molecule has 0 bridgehead atoms. The number of nitrogens with zero attached hydrogens (tertiary/aromatic N) is 6. The van der Waals surface area contributed by atoms with Gasteiger partial charge in [-0.2, -0.15) is 5.26 Å². The third kappa shape index (κ3) is 4.78. The number of benzene rings is 3. The molecular formula is C36H14F6N6. The Labute approximate surface area is 269 Å². The van der Waals surface area contributed by atoms with Crippen molar-refractivity contribution in [2.75, 3.05) is 0 Å². The number of halogens is 6. The first-order valence-corrected chi connectivity index (χ1v) is 13.6. The Morgan fingerprint density at radius 2 is 1.08 bits per heavy atom. The highest BCUT2D eigenvalue weighted by molar-refractivity contribution is 6.30. The van der Waals surface area contributed by atoms with Crippen molar-refractivity contribution in [2.24, 2.45) is 0 Å². The number of fused-ring (bicyclic) bond motifs is 2. The van der Waals surface area contributed by atoms with E-state index in [1.807, 2.05) is 0 Å². The first-order valence-electron chi connectivity index (χ1n) is 13.6. The van der Waals surface area contributed by atoms with Crippen molar-refractivity contribution < 1.29 is 26.3 Å². The minimum Gasteiger partial charge on any atom is -0.237 e. The van der Waals surface area contributed by atoms with Gasteiger partial charge >= 0.3 is 0 Å². The molecule has 0 N–H and O–H groups in total. The summed E-state index contributed by atoms with van der Waals surface area (Å²) in [5.41, 5.74) is -9.53. The van der Waals surface area contributed by atoms with Crippen LogP contribution in [-0.2, 0) is 0 Å². The van der Waals surface area contributed by atoms with Crippen molar-refractivity contribution in [3.8, 4) is 18.2 Å². The summed E-state index contributed by atoms with van der Waals surface area (Å²) >= 11 is 0. The number of allylic oxidation sites excluding steroid dienone is 7. The van der Waals surface area contributed by atoms with E-state index in [9.17, 15) is 24.6 Å². The molecule has 3 aromatic carbocycles. The van der Waals surface area contributed by atoms with Crippen LogP contribution in [-0.4, -0.2) is 0 Å². The lowest BCUT2D eigenvalue weighted by Crippen LogP contribution is -2.09. The monoisotopic (exact) mass is 644 g/mol. The maximum absolute atomic E-state index is 15.5. The average Bonchev–Trinajstić information content (AvgIpc) is 3.58. The summed E-state index contributed by atoms with van der Waals surface area (Å²) in [6, 6.07) is 15.1. The predicted molar refractivity (Wildman–Crippen MR) is 163 cm³/mol. The van der Waals surface area contributed by atoms with Gasteiger partial charge in [-0.15, -0.1) is 0 Å². The SMILES string of the molecule is [C-]#[N+]C1=C(c2ccc(C)cc2)/C(=C(/C#N)[N+]#[C-])c2c1c(C(F)F)c1c(c2C(F)F)C(C#N)=C(c2ccc(C(F)F)cc2)/C1=C(\C#N)[N+]#[C-]. The van der Waals surface area contributed by atoms with Gasteiger partial charge in [0.1, 0.15) is 6.07 Å². The molecule has 2 aliphatic carbocycles. The first-order chi connectivity index (χ1) is 23.0. The van der Waals surface area contributed by atoms with Gasteiger partial charge in [-0.05, 0) is 51.5 Å². The molecule has 0 saturated carbocycles. The van der Waals surface area contributed by atoms with Crippen LogP contribution >= 0.6 is 0 Å². The Morgan fingerprint density at radius 3 is 1.52 bits per heavy atom. The van der Waals surface area contributed by atoms with Crippen molar-refractivity contribution in [3.63, 3.8) is 0 Å². The maximum Gasteiger partial charge on any atom is 0.270 e. The molecule has 230 valence electrons. The lowest BCUT2D eigenvalue weighted by Gasteiger charge is -2.22. The van der Waals surface area contributed by atoms with Gasteiger partial charge < -0.3 is 0 Å². The molecule has 12 heteroatoms.